The second-order valence-corrected chi connectivity index (χ2v) is 6.73. The molecule has 0 atom stereocenters. The number of nitrogens with zero attached hydrogens (tertiary/aromatic N) is 2. The number of nitrogens with one attached hydrogen (secondary N) is 3. The molecule has 6 nitrogen and oxygen atoms in total. The summed E-state index contributed by atoms with van der Waals surface area (Å²) in [7, 11) is 1.60. The zero-order valence-electron chi connectivity index (χ0n) is 15.6. The Morgan fingerprint density at radius 1 is 1.25 bits per heavy atom. The molecule has 0 fully saturated rings. The molecule has 2 rings (SSSR count). The van der Waals surface area contributed by atoms with E-state index in [-0.39, 0.29) is 5.91 Å². The topological polar surface area (TPSA) is 78.4 Å². The minimum Gasteiger partial charge on any atom is -0.356 e. The van der Waals surface area contributed by atoms with Gasteiger partial charge in [0.25, 0.3) is 5.91 Å². The first-order valence-electron chi connectivity index (χ1n) is 8.66. The van der Waals surface area contributed by atoms with Gasteiger partial charge in [0.05, 0.1) is 5.01 Å². The van der Waals surface area contributed by atoms with Crippen LogP contribution in [-0.2, 0) is 19.1 Å². The molecule has 3 N–H and O–H groups in total. The monoisotopic (exact) mass is 413 g/mol. The predicted molar refractivity (Wildman–Crippen MR) is 103 cm³/mol. The van der Waals surface area contributed by atoms with Crippen LogP contribution in [-0.4, -0.2) is 37.0 Å². The minimum absolute atomic E-state index is 0.131. The molecule has 10 heteroatoms. The van der Waals surface area contributed by atoms with Gasteiger partial charge < -0.3 is 16.0 Å². The molecule has 152 valence electrons. The number of amides is 1. The van der Waals surface area contributed by atoms with E-state index in [4.69, 9.17) is 0 Å². The van der Waals surface area contributed by atoms with Crippen molar-refractivity contribution >= 4 is 23.2 Å². The summed E-state index contributed by atoms with van der Waals surface area (Å²) in [5.41, 5.74) is 0.622. The third kappa shape index (κ3) is 6.52. The van der Waals surface area contributed by atoms with E-state index in [1.807, 2.05) is 13.0 Å². The van der Waals surface area contributed by atoms with Crippen LogP contribution >= 0.6 is 11.3 Å². The average molecular weight is 413 g/mol. The number of benzene rings is 1. The predicted octanol–water partition coefficient (Wildman–Crippen LogP) is 2.82. The molecule has 1 heterocycles. The number of hydrogen-bond acceptors (Lipinski definition) is 4. The summed E-state index contributed by atoms with van der Waals surface area (Å²) in [6.45, 7) is 3.25. The highest BCUT2D eigenvalue weighted by Crippen LogP contribution is 2.29. The summed E-state index contributed by atoms with van der Waals surface area (Å²) in [5, 5.41) is 10.3. The molecule has 1 aromatic heterocycles. The summed E-state index contributed by atoms with van der Waals surface area (Å²) in [5.74, 6) is 0.379. The number of alkyl halides is 3. The molecule has 0 aliphatic rings. The molecule has 0 radical (unpaired) electrons. The normalized spacial score (nSPS) is 12.0. The van der Waals surface area contributed by atoms with Gasteiger partial charge in [0.1, 0.15) is 0 Å². The van der Waals surface area contributed by atoms with Gasteiger partial charge in [0.15, 0.2) is 11.7 Å². The van der Waals surface area contributed by atoms with E-state index in [1.165, 1.54) is 0 Å². The molecule has 2 aromatic rings. The number of guanidine groups is 1. The molecule has 0 aliphatic heterocycles. The fourth-order valence-electron chi connectivity index (χ4n) is 2.34. The van der Waals surface area contributed by atoms with Crippen molar-refractivity contribution in [3.63, 3.8) is 0 Å². The maximum Gasteiger partial charge on any atom is 0.434 e. The number of hydrogen-bond donors (Lipinski definition) is 3. The molecule has 0 aliphatic carbocycles. The first-order valence-corrected chi connectivity index (χ1v) is 9.54. The number of thiazole rings is 1. The Morgan fingerprint density at radius 2 is 2.04 bits per heavy atom. The van der Waals surface area contributed by atoms with Crippen LogP contribution in [0.15, 0.2) is 34.6 Å². The molecule has 0 bridgehead atoms. The van der Waals surface area contributed by atoms with E-state index in [9.17, 15) is 18.0 Å². The van der Waals surface area contributed by atoms with Gasteiger partial charge in [-0.25, -0.2) is 4.98 Å². The first-order chi connectivity index (χ1) is 13.3. The Morgan fingerprint density at radius 3 is 2.68 bits per heavy atom. The van der Waals surface area contributed by atoms with Crippen molar-refractivity contribution < 1.29 is 18.0 Å². The number of halogens is 3. The van der Waals surface area contributed by atoms with Crippen LogP contribution in [0.3, 0.4) is 0 Å². The Bertz CT molecular complexity index is 820. The van der Waals surface area contributed by atoms with Gasteiger partial charge in [-0.15, -0.1) is 11.3 Å². The van der Waals surface area contributed by atoms with Crippen LogP contribution in [0.25, 0.3) is 0 Å². The maximum atomic E-state index is 12.6. The summed E-state index contributed by atoms with van der Waals surface area (Å²) in [4.78, 5) is 19.6. The number of carbonyl (C=O) groups excluding carboxylic acids is 1. The highest BCUT2D eigenvalue weighted by atomic mass is 32.1. The van der Waals surface area contributed by atoms with E-state index in [0.717, 1.165) is 22.3 Å². The number of carbonyl (C=O) groups is 1. The smallest absolute Gasteiger partial charge is 0.356 e. The molecule has 0 spiro atoms. The Hall–Kier alpha value is -2.62. The van der Waals surface area contributed by atoms with Crippen molar-refractivity contribution in [3.8, 4) is 0 Å². The number of aliphatic imine (C=N–C) groups is 1. The van der Waals surface area contributed by atoms with Crippen molar-refractivity contribution in [2.75, 3.05) is 20.1 Å². The van der Waals surface area contributed by atoms with Gasteiger partial charge >= 0.3 is 6.18 Å². The molecule has 1 aromatic carbocycles. The van der Waals surface area contributed by atoms with E-state index in [2.05, 4.69) is 25.9 Å². The van der Waals surface area contributed by atoms with Crippen LogP contribution in [0.5, 0.6) is 0 Å². The Labute approximate surface area is 165 Å². The lowest BCUT2D eigenvalue weighted by Gasteiger charge is -2.12. The SMILES string of the molecule is CCNC(=O)c1cccc(CNC(=NC)NCCc2nc(C(F)(F)F)cs2)c1. The van der Waals surface area contributed by atoms with Crippen LogP contribution < -0.4 is 16.0 Å². The molecule has 0 saturated heterocycles. The third-order valence-electron chi connectivity index (χ3n) is 3.68. The minimum atomic E-state index is -4.41. The van der Waals surface area contributed by atoms with E-state index < -0.39 is 11.9 Å². The van der Waals surface area contributed by atoms with Crippen LogP contribution in [0.2, 0.25) is 0 Å². The molecule has 0 saturated carbocycles. The third-order valence-corrected chi connectivity index (χ3v) is 4.59. The van der Waals surface area contributed by atoms with Crippen molar-refractivity contribution in [1.29, 1.82) is 0 Å². The Kier molecular flexibility index (Phi) is 7.80. The molecular formula is C18H22F3N5OS. The van der Waals surface area contributed by atoms with E-state index >= 15 is 0 Å². The number of rotatable bonds is 7. The van der Waals surface area contributed by atoms with Gasteiger partial charge in [-0.2, -0.15) is 13.2 Å². The van der Waals surface area contributed by atoms with Gasteiger partial charge in [-0.3, -0.25) is 9.79 Å². The average Bonchev–Trinajstić information content (AvgIpc) is 3.14. The van der Waals surface area contributed by atoms with Gasteiger partial charge in [-0.1, -0.05) is 12.1 Å². The maximum absolute atomic E-state index is 12.6. The van der Waals surface area contributed by atoms with Gasteiger partial charge in [-0.05, 0) is 24.6 Å². The fourth-order valence-corrected chi connectivity index (χ4v) is 3.14. The fraction of sp³-hybridized carbons (Fsp3) is 0.389. The zero-order chi connectivity index (χ0) is 20.6. The molecule has 0 unspecified atom stereocenters. The molecule has 1 amide bonds. The quantitative estimate of drug-likeness (QED) is 0.482. The highest BCUT2D eigenvalue weighted by Gasteiger charge is 2.33. The zero-order valence-corrected chi connectivity index (χ0v) is 16.4. The lowest BCUT2D eigenvalue weighted by molar-refractivity contribution is -0.140. The first kappa shape index (κ1) is 21.7. The molecular weight excluding hydrogens is 391 g/mol. The summed E-state index contributed by atoms with van der Waals surface area (Å²) < 4.78 is 37.7. The second-order valence-electron chi connectivity index (χ2n) is 5.79. The van der Waals surface area contributed by atoms with Crippen LogP contribution in [0, 0.1) is 0 Å². The number of aromatic nitrogens is 1. The van der Waals surface area contributed by atoms with E-state index in [0.29, 0.717) is 42.6 Å². The van der Waals surface area contributed by atoms with E-state index in [1.54, 1.807) is 25.2 Å². The van der Waals surface area contributed by atoms with Crippen molar-refractivity contribution in [2.45, 2.75) is 26.1 Å². The second kappa shape index (κ2) is 10.1. The van der Waals surface area contributed by atoms with Gasteiger partial charge in [0, 0.05) is 44.0 Å². The van der Waals surface area contributed by atoms with Crippen molar-refractivity contribution in [2.24, 2.45) is 4.99 Å². The summed E-state index contributed by atoms with van der Waals surface area (Å²) in [6, 6.07) is 7.22. The van der Waals surface area contributed by atoms with Crippen LogP contribution in [0.4, 0.5) is 13.2 Å². The highest BCUT2D eigenvalue weighted by molar-refractivity contribution is 7.09. The summed E-state index contributed by atoms with van der Waals surface area (Å²) in [6.07, 6.45) is -4.06. The Balaban J connectivity index is 1.82. The molecule has 28 heavy (non-hydrogen) atoms. The van der Waals surface area contributed by atoms with Crippen LogP contribution in [0.1, 0.15) is 33.5 Å². The lowest BCUT2D eigenvalue weighted by atomic mass is 10.1. The lowest BCUT2D eigenvalue weighted by Crippen LogP contribution is -2.37. The summed E-state index contributed by atoms with van der Waals surface area (Å²) >= 11 is 0.985. The van der Waals surface area contributed by atoms with Crippen molar-refractivity contribution in [3.05, 3.63) is 51.5 Å². The van der Waals surface area contributed by atoms with Crippen molar-refractivity contribution in [1.82, 2.24) is 20.9 Å². The standard InChI is InChI=1S/C18H22F3N5OS/c1-3-23-16(27)13-6-4-5-12(9-13)10-25-17(22-2)24-8-7-15-26-14(11-28-15)18(19,20)21/h4-6,9,11H,3,7-8,10H2,1-2H3,(H,23,27)(H2,22,24,25). The van der Waals surface area contributed by atoms with Gasteiger partial charge in [0.2, 0.25) is 0 Å². The largest absolute Gasteiger partial charge is 0.434 e.